The van der Waals surface area contributed by atoms with E-state index >= 15 is 0 Å². The van der Waals surface area contributed by atoms with Gasteiger partial charge in [-0.25, -0.2) is 0 Å². The van der Waals surface area contributed by atoms with Crippen molar-refractivity contribution in [2.75, 3.05) is 18.7 Å². The first-order valence-corrected chi connectivity index (χ1v) is 8.36. The van der Waals surface area contributed by atoms with E-state index in [0.717, 1.165) is 19.4 Å². The molecule has 0 bridgehead atoms. The van der Waals surface area contributed by atoms with Crippen molar-refractivity contribution in [3.8, 4) is 0 Å². The van der Waals surface area contributed by atoms with E-state index in [1.54, 1.807) is 0 Å². The van der Waals surface area contributed by atoms with Gasteiger partial charge in [-0.1, -0.05) is 19.3 Å². The Hall–Kier alpha value is 0.110. The molecule has 0 atom stereocenters. The largest absolute Gasteiger partial charge is 0.355 e. The van der Waals surface area contributed by atoms with Crippen molar-refractivity contribution in [3.63, 3.8) is 0 Å². The minimum absolute atomic E-state index is 0.189. The van der Waals surface area contributed by atoms with Crippen LogP contribution in [0.4, 0.5) is 0 Å². The second kappa shape index (κ2) is 8.25. The van der Waals surface area contributed by atoms with Gasteiger partial charge in [0.25, 0.3) is 0 Å². The minimum Gasteiger partial charge on any atom is -0.355 e. The number of halogens is 1. The van der Waals surface area contributed by atoms with Crippen LogP contribution in [0, 0.1) is 0 Å². The van der Waals surface area contributed by atoms with Gasteiger partial charge in [0.1, 0.15) is 0 Å². The van der Waals surface area contributed by atoms with Crippen LogP contribution in [0.25, 0.3) is 0 Å². The Morgan fingerprint density at radius 2 is 2.00 bits per heavy atom. The highest BCUT2D eigenvalue weighted by atomic mass is 35.5. The first kappa shape index (κ1) is 15.2. The molecule has 1 aliphatic carbocycles. The maximum absolute atomic E-state index is 11.7. The van der Waals surface area contributed by atoms with Crippen molar-refractivity contribution in [2.45, 2.75) is 56.1 Å². The van der Waals surface area contributed by atoms with E-state index in [9.17, 15) is 4.79 Å². The summed E-state index contributed by atoms with van der Waals surface area (Å²) in [4.78, 5) is 11.7. The molecule has 1 rings (SSSR count). The van der Waals surface area contributed by atoms with E-state index in [4.69, 9.17) is 11.6 Å². The van der Waals surface area contributed by atoms with Gasteiger partial charge in [-0.3, -0.25) is 4.79 Å². The SMILES string of the molecule is CSC1(CNC(=O)CCCCCl)CCCCC1. The standard InChI is InChI=1S/C13H24ClNOS/c1-17-13(8-4-2-5-9-13)11-15-12(16)7-3-6-10-14/h2-11H2,1H3,(H,15,16). The Morgan fingerprint density at radius 1 is 1.29 bits per heavy atom. The van der Waals surface area contributed by atoms with Crippen LogP contribution in [0.5, 0.6) is 0 Å². The Labute approximate surface area is 114 Å². The second-order valence-electron chi connectivity index (χ2n) is 4.87. The molecular formula is C13H24ClNOS. The van der Waals surface area contributed by atoms with E-state index in [1.165, 1.54) is 32.1 Å². The highest BCUT2D eigenvalue weighted by molar-refractivity contribution is 8.00. The van der Waals surface area contributed by atoms with Gasteiger partial charge in [0, 0.05) is 23.6 Å². The molecule has 1 aliphatic rings. The second-order valence-corrected chi connectivity index (χ2v) is 6.52. The zero-order valence-corrected chi connectivity index (χ0v) is 12.3. The molecule has 1 N–H and O–H groups in total. The number of amides is 1. The van der Waals surface area contributed by atoms with E-state index in [1.807, 2.05) is 11.8 Å². The molecule has 0 aromatic heterocycles. The molecule has 1 amide bonds. The predicted molar refractivity (Wildman–Crippen MR) is 76.9 cm³/mol. The third-order valence-corrected chi connectivity index (χ3v) is 5.28. The molecule has 100 valence electrons. The van der Waals surface area contributed by atoms with Gasteiger partial charge < -0.3 is 5.32 Å². The first-order valence-electron chi connectivity index (χ1n) is 6.60. The van der Waals surface area contributed by atoms with Gasteiger partial charge in [0.2, 0.25) is 5.91 Å². The van der Waals surface area contributed by atoms with E-state index in [-0.39, 0.29) is 5.91 Å². The zero-order valence-electron chi connectivity index (χ0n) is 10.8. The summed E-state index contributed by atoms with van der Waals surface area (Å²) in [6, 6.07) is 0. The molecule has 0 heterocycles. The number of unbranched alkanes of at least 4 members (excludes halogenated alkanes) is 1. The van der Waals surface area contributed by atoms with Crippen LogP contribution in [0.15, 0.2) is 0 Å². The van der Waals surface area contributed by atoms with Crippen LogP contribution in [-0.2, 0) is 4.79 Å². The summed E-state index contributed by atoms with van der Waals surface area (Å²) in [5.41, 5.74) is 0. The number of hydrogen-bond donors (Lipinski definition) is 1. The van der Waals surface area contributed by atoms with Crippen molar-refractivity contribution in [1.29, 1.82) is 0 Å². The van der Waals surface area contributed by atoms with Crippen molar-refractivity contribution < 1.29 is 4.79 Å². The highest BCUT2D eigenvalue weighted by Gasteiger charge is 2.31. The Bertz CT molecular complexity index is 229. The molecule has 1 fully saturated rings. The third kappa shape index (κ3) is 5.52. The zero-order chi connectivity index (χ0) is 12.6. The van der Waals surface area contributed by atoms with E-state index in [2.05, 4.69) is 11.6 Å². The van der Waals surface area contributed by atoms with Crippen LogP contribution in [0.1, 0.15) is 51.4 Å². The van der Waals surface area contributed by atoms with Crippen LogP contribution >= 0.6 is 23.4 Å². The summed E-state index contributed by atoms with van der Waals surface area (Å²) in [5, 5.41) is 3.10. The minimum atomic E-state index is 0.189. The van der Waals surface area contributed by atoms with Crippen molar-refractivity contribution >= 4 is 29.3 Å². The van der Waals surface area contributed by atoms with Gasteiger partial charge in [0.15, 0.2) is 0 Å². The first-order chi connectivity index (χ1) is 8.22. The molecule has 0 unspecified atom stereocenters. The number of nitrogens with one attached hydrogen (secondary N) is 1. The summed E-state index contributed by atoms with van der Waals surface area (Å²) in [5.74, 6) is 0.844. The Kier molecular flexibility index (Phi) is 7.36. The van der Waals surface area contributed by atoms with Crippen molar-refractivity contribution in [3.05, 3.63) is 0 Å². The fourth-order valence-corrected chi connectivity index (χ4v) is 3.48. The molecule has 0 saturated heterocycles. The number of carbonyl (C=O) groups excluding carboxylic acids is 1. The summed E-state index contributed by atoms with van der Waals surface area (Å²) < 4.78 is 0.306. The molecule has 0 aromatic carbocycles. The lowest BCUT2D eigenvalue weighted by molar-refractivity contribution is -0.121. The number of rotatable bonds is 7. The molecular weight excluding hydrogens is 254 g/mol. The van der Waals surface area contributed by atoms with Gasteiger partial charge >= 0.3 is 0 Å². The van der Waals surface area contributed by atoms with Crippen LogP contribution in [0.3, 0.4) is 0 Å². The van der Waals surface area contributed by atoms with Crippen LogP contribution in [-0.4, -0.2) is 29.3 Å². The van der Waals surface area contributed by atoms with Gasteiger partial charge in [-0.15, -0.1) is 11.6 Å². The number of thioether (sulfide) groups is 1. The average molecular weight is 278 g/mol. The van der Waals surface area contributed by atoms with E-state index < -0.39 is 0 Å². The van der Waals surface area contributed by atoms with Crippen molar-refractivity contribution in [2.24, 2.45) is 0 Å². The fraction of sp³-hybridized carbons (Fsp3) is 0.923. The topological polar surface area (TPSA) is 29.1 Å². The third-order valence-electron chi connectivity index (χ3n) is 3.59. The smallest absolute Gasteiger partial charge is 0.220 e. The van der Waals surface area contributed by atoms with Crippen molar-refractivity contribution in [1.82, 2.24) is 5.32 Å². The molecule has 0 aromatic rings. The highest BCUT2D eigenvalue weighted by Crippen LogP contribution is 2.37. The Morgan fingerprint density at radius 3 is 2.59 bits per heavy atom. The average Bonchev–Trinajstić information content (AvgIpc) is 2.38. The maximum Gasteiger partial charge on any atom is 0.220 e. The Balaban J connectivity index is 2.24. The van der Waals surface area contributed by atoms with Gasteiger partial charge in [-0.05, 0) is 31.9 Å². The lowest BCUT2D eigenvalue weighted by Crippen LogP contribution is -2.41. The summed E-state index contributed by atoms with van der Waals surface area (Å²) >= 11 is 7.52. The number of carbonyl (C=O) groups is 1. The number of alkyl halides is 1. The lowest BCUT2D eigenvalue weighted by Gasteiger charge is -2.35. The number of hydrogen-bond acceptors (Lipinski definition) is 2. The maximum atomic E-state index is 11.7. The molecule has 0 radical (unpaired) electrons. The summed E-state index contributed by atoms with van der Waals surface area (Å²) in [7, 11) is 0. The van der Waals surface area contributed by atoms with E-state index in [0.29, 0.717) is 17.0 Å². The van der Waals surface area contributed by atoms with Crippen LogP contribution in [0.2, 0.25) is 0 Å². The molecule has 1 saturated carbocycles. The quantitative estimate of drug-likeness (QED) is 0.569. The van der Waals surface area contributed by atoms with Gasteiger partial charge in [-0.2, -0.15) is 11.8 Å². The van der Waals surface area contributed by atoms with Gasteiger partial charge in [0.05, 0.1) is 0 Å². The lowest BCUT2D eigenvalue weighted by atomic mass is 9.88. The molecule has 4 heteroatoms. The molecule has 17 heavy (non-hydrogen) atoms. The molecule has 0 spiro atoms. The normalized spacial score (nSPS) is 18.9. The summed E-state index contributed by atoms with van der Waals surface area (Å²) in [6.07, 6.45) is 11.1. The summed E-state index contributed by atoms with van der Waals surface area (Å²) in [6.45, 7) is 0.841. The monoisotopic (exact) mass is 277 g/mol. The molecule has 0 aliphatic heterocycles. The fourth-order valence-electron chi connectivity index (χ4n) is 2.38. The van der Waals surface area contributed by atoms with Crippen LogP contribution < -0.4 is 5.32 Å². The molecule has 2 nitrogen and oxygen atoms in total. The predicted octanol–water partition coefficient (Wildman–Crippen LogP) is 3.58.